The van der Waals surface area contributed by atoms with Crippen LogP contribution in [0.5, 0.6) is 11.5 Å². The molecule has 2 bridgehead atoms. The molecule has 8 heteroatoms. The number of hydrogen-bond donors (Lipinski definition) is 0. The summed E-state index contributed by atoms with van der Waals surface area (Å²) in [4.78, 5) is 42.0. The Morgan fingerprint density at radius 1 is 0.938 bits per heavy atom. The maximum Gasteiger partial charge on any atom is 0.250 e. The van der Waals surface area contributed by atoms with Crippen molar-refractivity contribution < 1.29 is 19.1 Å². The van der Waals surface area contributed by atoms with Gasteiger partial charge < -0.3 is 23.8 Å². The van der Waals surface area contributed by atoms with Crippen molar-refractivity contribution in [3.63, 3.8) is 0 Å². The zero-order valence-corrected chi connectivity index (χ0v) is 17.7. The van der Waals surface area contributed by atoms with Crippen LogP contribution >= 0.6 is 0 Å². The van der Waals surface area contributed by atoms with E-state index in [0.717, 1.165) is 17.8 Å². The number of anilines is 1. The number of aromatic nitrogens is 1. The summed E-state index contributed by atoms with van der Waals surface area (Å²) < 4.78 is 13.1. The van der Waals surface area contributed by atoms with Crippen LogP contribution in [0, 0.1) is 11.8 Å². The van der Waals surface area contributed by atoms with Gasteiger partial charge in [0.15, 0.2) is 11.5 Å². The van der Waals surface area contributed by atoms with E-state index in [1.807, 2.05) is 33.7 Å². The van der Waals surface area contributed by atoms with Crippen LogP contribution in [0.4, 0.5) is 5.69 Å². The summed E-state index contributed by atoms with van der Waals surface area (Å²) in [5.41, 5.74) is 1.79. The summed E-state index contributed by atoms with van der Waals surface area (Å²) in [5, 5.41) is 0. The van der Waals surface area contributed by atoms with Crippen molar-refractivity contribution in [2.24, 2.45) is 11.8 Å². The number of carbonyl (C=O) groups excluding carboxylic acids is 2. The van der Waals surface area contributed by atoms with E-state index >= 15 is 0 Å². The third-order valence-corrected chi connectivity index (χ3v) is 7.10. The number of piperidine rings is 1. The first-order valence-corrected chi connectivity index (χ1v) is 11.3. The van der Waals surface area contributed by atoms with Crippen molar-refractivity contribution in [1.29, 1.82) is 0 Å². The molecule has 0 unspecified atom stereocenters. The Morgan fingerprint density at radius 3 is 2.66 bits per heavy atom. The second-order valence-electron chi connectivity index (χ2n) is 9.17. The molecule has 8 nitrogen and oxygen atoms in total. The largest absolute Gasteiger partial charge is 0.486 e. The van der Waals surface area contributed by atoms with Crippen molar-refractivity contribution in [3.8, 4) is 11.5 Å². The zero-order valence-electron chi connectivity index (χ0n) is 17.7. The van der Waals surface area contributed by atoms with Crippen LogP contribution in [0.1, 0.15) is 24.5 Å². The molecule has 6 rings (SSSR count). The number of fused-ring (bicyclic) bond motifs is 5. The van der Waals surface area contributed by atoms with Crippen LogP contribution < -0.4 is 19.9 Å². The summed E-state index contributed by atoms with van der Waals surface area (Å²) in [6.07, 6.45) is 1.22. The highest BCUT2D eigenvalue weighted by Gasteiger charge is 2.42. The number of benzene rings is 1. The van der Waals surface area contributed by atoms with Crippen molar-refractivity contribution in [2.75, 3.05) is 37.7 Å². The van der Waals surface area contributed by atoms with Crippen molar-refractivity contribution in [3.05, 3.63) is 52.4 Å². The molecule has 4 aliphatic heterocycles. The standard InChI is InChI=1S/C24H25N3O5/c28-22-3-1-2-19-16-8-15(12-27(19)22)11-25(13-16)24(30)17-9-23(29)26(14-17)18-4-5-20-21(10-18)32-7-6-31-20/h1-5,10,15-17H,6-9,11-14H2/t15-,16+,17+/m0/s1. The Labute approximate surface area is 185 Å². The molecule has 0 spiro atoms. The maximum absolute atomic E-state index is 13.4. The van der Waals surface area contributed by atoms with Gasteiger partial charge in [-0.2, -0.15) is 0 Å². The monoisotopic (exact) mass is 435 g/mol. The second-order valence-corrected chi connectivity index (χ2v) is 9.17. The number of pyridine rings is 1. The first-order chi connectivity index (χ1) is 15.6. The summed E-state index contributed by atoms with van der Waals surface area (Å²) in [6, 6.07) is 10.9. The molecule has 2 amide bonds. The van der Waals surface area contributed by atoms with Gasteiger partial charge in [-0.25, -0.2) is 0 Å². The normalized spacial score (nSPS) is 26.1. The number of ether oxygens (including phenoxy) is 2. The Morgan fingerprint density at radius 2 is 1.78 bits per heavy atom. The lowest BCUT2D eigenvalue weighted by Crippen LogP contribution is -2.50. The number of likely N-dealkylation sites (tertiary alicyclic amines) is 1. The van der Waals surface area contributed by atoms with Crippen LogP contribution in [-0.2, 0) is 16.1 Å². The first kappa shape index (κ1) is 19.4. The van der Waals surface area contributed by atoms with E-state index < -0.39 is 0 Å². The smallest absolute Gasteiger partial charge is 0.250 e. The van der Waals surface area contributed by atoms with E-state index in [1.54, 1.807) is 17.0 Å². The molecule has 5 heterocycles. The lowest BCUT2D eigenvalue weighted by molar-refractivity contribution is -0.138. The van der Waals surface area contributed by atoms with Gasteiger partial charge in [-0.1, -0.05) is 6.07 Å². The molecule has 2 fully saturated rings. The molecule has 166 valence electrons. The molecule has 0 N–H and O–H groups in total. The van der Waals surface area contributed by atoms with E-state index in [2.05, 4.69) is 0 Å². The molecule has 2 saturated heterocycles. The van der Waals surface area contributed by atoms with Crippen LogP contribution in [0.3, 0.4) is 0 Å². The summed E-state index contributed by atoms with van der Waals surface area (Å²) in [5.74, 6) is 1.40. The molecular formula is C24H25N3O5. The van der Waals surface area contributed by atoms with Gasteiger partial charge in [0.05, 0.1) is 5.92 Å². The lowest BCUT2D eigenvalue weighted by atomic mass is 9.82. The minimum atomic E-state index is -0.354. The van der Waals surface area contributed by atoms with Gasteiger partial charge in [-0.3, -0.25) is 14.4 Å². The number of amides is 2. The quantitative estimate of drug-likeness (QED) is 0.716. The molecule has 0 saturated carbocycles. The second kappa shape index (κ2) is 7.39. The average Bonchev–Trinajstić information content (AvgIpc) is 3.20. The molecule has 0 aliphatic carbocycles. The lowest BCUT2D eigenvalue weighted by Gasteiger charge is -2.43. The van der Waals surface area contributed by atoms with Crippen LogP contribution in [0.25, 0.3) is 0 Å². The summed E-state index contributed by atoms with van der Waals surface area (Å²) >= 11 is 0. The predicted molar refractivity (Wildman–Crippen MR) is 116 cm³/mol. The number of hydrogen-bond acceptors (Lipinski definition) is 5. The summed E-state index contributed by atoms with van der Waals surface area (Å²) in [6.45, 7) is 3.28. The van der Waals surface area contributed by atoms with Crippen molar-refractivity contribution >= 4 is 17.5 Å². The molecule has 4 aliphatic rings. The third-order valence-electron chi connectivity index (χ3n) is 7.10. The Hall–Kier alpha value is -3.29. The van der Waals surface area contributed by atoms with Gasteiger partial charge in [-0.15, -0.1) is 0 Å². The molecule has 32 heavy (non-hydrogen) atoms. The molecule has 3 atom stereocenters. The van der Waals surface area contributed by atoms with E-state index in [0.29, 0.717) is 50.9 Å². The average molecular weight is 435 g/mol. The van der Waals surface area contributed by atoms with E-state index in [-0.39, 0.29) is 41.5 Å². The Bertz CT molecular complexity index is 1160. The molecule has 0 radical (unpaired) electrons. The number of carbonyl (C=O) groups is 2. The fourth-order valence-electron chi connectivity index (χ4n) is 5.66. The van der Waals surface area contributed by atoms with Crippen LogP contribution in [0.2, 0.25) is 0 Å². The first-order valence-electron chi connectivity index (χ1n) is 11.3. The molecule has 1 aromatic heterocycles. The maximum atomic E-state index is 13.4. The number of nitrogens with zero attached hydrogens (tertiary/aromatic N) is 3. The third kappa shape index (κ3) is 3.16. The van der Waals surface area contributed by atoms with Crippen molar-refractivity contribution in [1.82, 2.24) is 9.47 Å². The molecule has 2 aromatic rings. The minimum Gasteiger partial charge on any atom is -0.486 e. The zero-order chi connectivity index (χ0) is 21.8. The van der Waals surface area contributed by atoms with Gasteiger partial charge >= 0.3 is 0 Å². The van der Waals surface area contributed by atoms with Gasteiger partial charge in [0.1, 0.15) is 13.2 Å². The Kier molecular flexibility index (Phi) is 4.48. The van der Waals surface area contributed by atoms with E-state index in [9.17, 15) is 14.4 Å². The fraction of sp³-hybridized carbons (Fsp3) is 0.458. The van der Waals surface area contributed by atoms with E-state index in [4.69, 9.17) is 9.47 Å². The SMILES string of the molecule is O=C([C@@H]1CC(=O)N(c2ccc3c(c2)OCCO3)C1)N1C[C@@H]2C[C@H](C1)c1cccc(=O)n1C2. The van der Waals surface area contributed by atoms with Crippen LogP contribution in [0.15, 0.2) is 41.2 Å². The fourth-order valence-corrected chi connectivity index (χ4v) is 5.66. The Balaban J connectivity index is 1.19. The number of rotatable bonds is 2. The highest BCUT2D eigenvalue weighted by Crippen LogP contribution is 2.38. The summed E-state index contributed by atoms with van der Waals surface area (Å²) in [7, 11) is 0. The van der Waals surface area contributed by atoms with Gasteiger partial charge in [-0.05, 0) is 30.5 Å². The van der Waals surface area contributed by atoms with Crippen molar-refractivity contribution in [2.45, 2.75) is 25.3 Å². The highest BCUT2D eigenvalue weighted by molar-refractivity contribution is 6.00. The minimum absolute atomic E-state index is 0.0356. The van der Waals surface area contributed by atoms with Crippen LogP contribution in [-0.4, -0.2) is 54.1 Å². The van der Waals surface area contributed by atoms with Gasteiger partial charge in [0, 0.05) is 62.0 Å². The molecular weight excluding hydrogens is 410 g/mol. The highest BCUT2D eigenvalue weighted by atomic mass is 16.6. The predicted octanol–water partition coefficient (Wildman–Crippen LogP) is 1.62. The van der Waals surface area contributed by atoms with E-state index in [1.165, 1.54) is 0 Å². The topological polar surface area (TPSA) is 81.1 Å². The van der Waals surface area contributed by atoms with Gasteiger partial charge in [0.25, 0.3) is 5.56 Å². The van der Waals surface area contributed by atoms with Gasteiger partial charge in [0.2, 0.25) is 11.8 Å². The molecule has 1 aromatic carbocycles.